The van der Waals surface area contributed by atoms with Crippen LogP contribution in [0.25, 0.3) is 10.2 Å². The third kappa shape index (κ3) is 5.36. The molecule has 30 heavy (non-hydrogen) atoms. The molecule has 1 heterocycles. The molecule has 0 aliphatic rings. The Morgan fingerprint density at radius 1 is 1.13 bits per heavy atom. The van der Waals surface area contributed by atoms with Gasteiger partial charge in [0.1, 0.15) is 10.6 Å². The van der Waals surface area contributed by atoms with Gasteiger partial charge in [0.05, 0.1) is 16.3 Å². The van der Waals surface area contributed by atoms with Crippen LogP contribution in [0, 0.1) is 0 Å². The number of rotatable bonds is 5. The van der Waals surface area contributed by atoms with Crippen molar-refractivity contribution in [1.82, 2.24) is 15.2 Å². The molecule has 1 aromatic heterocycles. The highest BCUT2D eigenvalue weighted by Gasteiger charge is 2.22. The number of amides is 2. The lowest BCUT2D eigenvalue weighted by Crippen LogP contribution is -2.32. The van der Waals surface area contributed by atoms with E-state index in [0.29, 0.717) is 12.1 Å². The first-order valence-corrected chi connectivity index (χ1v) is 10.6. The summed E-state index contributed by atoms with van der Waals surface area (Å²) < 4.78 is 6.34. The maximum atomic E-state index is 12.9. The minimum atomic E-state index is -0.537. The Labute approximate surface area is 180 Å². The molecular weight excluding hydrogens is 398 g/mol. The van der Waals surface area contributed by atoms with E-state index in [1.165, 1.54) is 0 Å². The summed E-state index contributed by atoms with van der Waals surface area (Å²) in [5.41, 5.74) is 1.89. The van der Waals surface area contributed by atoms with Crippen molar-refractivity contribution >= 4 is 33.6 Å². The molecule has 158 valence electrons. The number of fused-ring (bicyclic) bond motifs is 1. The molecule has 3 aromatic rings. The second kappa shape index (κ2) is 8.83. The first-order chi connectivity index (χ1) is 14.1. The average Bonchev–Trinajstić information content (AvgIpc) is 3.14. The van der Waals surface area contributed by atoms with Crippen LogP contribution in [0.3, 0.4) is 0 Å². The van der Waals surface area contributed by atoms with Crippen molar-refractivity contribution in [3.63, 3.8) is 0 Å². The van der Waals surface area contributed by atoms with Crippen molar-refractivity contribution in [1.29, 1.82) is 0 Å². The fourth-order valence-electron chi connectivity index (χ4n) is 2.87. The van der Waals surface area contributed by atoms with Gasteiger partial charge < -0.3 is 15.0 Å². The molecule has 7 heteroatoms. The zero-order valence-electron chi connectivity index (χ0n) is 17.9. The molecule has 0 saturated heterocycles. The first kappa shape index (κ1) is 21.8. The highest BCUT2D eigenvalue weighted by Crippen LogP contribution is 2.29. The summed E-state index contributed by atoms with van der Waals surface area (Å²) in [6.45, 7) is 7.77. The molecule has 0 aliphatic carbocycles. The molecule has 0 spiro atoms. The number of ether oxygens (including phenoxy) is 1. The monoisotopic (exact) mass is 425 g/mol. The summed E-state index contributed by atoms with van der Waals surface area (Å²) in [6, 6.07) is 15.0. The highest BCUT2D eigenvalue weighted by molar-refractivity contribution is 7.18. The predicted octanol–water partition coefficient (Wildman–Crippen LogP) is 5.15. The fourth-order valence-corrected chi connectivity index (χ4v) is 3.93. The van der Waals surface area contributed by atoms with Gasteiger partial charge in [-0.05, 0) is 57.5 Å². The summed E-state index contributed by atoms with van der Waals surface area (Å²) in [5.74, 6) is -0.0755. The Bertz CT molecular complexity index is 1000. The predicted molar refractivity (Wildman–Crippen MR) is 120 cm³/mol. The third-order valence-electron chi connectivity index (χ3n) is 4.61. The highest BCUT2D eigenvalue weighted by atomic mass is 32.1. The van der Waals surface area contributed by atoms with E-state index in [1.807, 2.05) is 64.1 Å². The molecule has 2 amide bonds. The number of alkyl carbamates (subject to hydrolysis) is 1. The molecule has 0 fully saturated rings. The summed E-state index contributed by atoms with van der Waals surface area (Å²) in [6.07, 6.45) is -0.466. The van der Waals surface area contributed by atoms with Crippen LogP contribution in [0.4, 0.5) is 4.79 Å². The zero-order chi connectivity index (χ0) is 21.9. The maximum Gasteiger partial charge on any atom is 0.407 e. The molecule has 1 atom stereocenters. The van der Waals surface area contributed by atoms with E-state index in [-0.39, 0.29) is 11.9 Å². The van der Waals surface area contributed by atoms with Crippen LogP contribution in [-0.4, -0.2) is 34.5 Å². The lowest BCUT2D eigenvalue weighted by atomic mass is 10.1. The van der Waals surface area contributed by atoms with Gasteiger partial charge in [0.2, 0.25) is 0 Å². The van der Waals surface area contributed by atoms with Crippen LogP contribution in [0.1, 0.15) is 54.7 Å². The lowest BCUT2D eigenvalue weighted by Gasteiger charge is -2.23. The van der Waals surface area contributed by atoms with E-state index in [2.05, 4.69) is 10.3 Å². The molecule has 1 unspecified atom stereocenters. The molecule has 2 aromatic carbocycles. The van der Waals surface area contributed by atoms with Gasteiger partial charge in [-0.2, -0.15) is 0 Å². The number of carbonyl (C=O) groups excluding carboxylic acids is 2. The van der Waals surface area contributed by atoms with E-state index in [4.69, 9.17) is 4.74 Å². The van der Waals surface area contributed by atoms with Crippen molar-refractivity contribution in [3.05, 3.63) is 64.7 Å². The molecule has 0 saturated carbocycles. The van der Waals surface area contributed by atoms with Gasteiger partial charge in [0.15, 0.2) is 0 Å². The molecule has 0 bridgehead atoms. The van der Waals surface area contributed by atoms with Gasteiger partial charge >= 0.3 is 6.09 Å². The van der Waals surface area contributed by atoms with Gasteiger partial charge in [-0.15, -0.1) is 11.3 Å². The second-order valence-electron chi connectivity index (χ2n) is 8.16. The molecule has 0 aliphatic heterocycles. The average molecular weight is 426 g/mol. The standard InChI is InChI=1S/C23H27N3O3S/c1-15(20-25-18-8-6-7-9-19(18)30-20)26(5)21(27)17-12-10-16(11-13-17)14-24-22(28)29-23(2,3)4/h6-13,15H,14H2,1-5H3,(H,24,28). The van der Waals surface area contributed by atoms with Crippen molar-refractivity contribution < 1.29 is 14.3 Å². The van der Waals surface area contributed by atoms with Gasteiger partial charge in [-0.3, -0.25) is 4.79 Å². The van der Waals surface area contributed by atoms with E-state index >= 15 is 0 Å². The van der Waals surface area contributed by atoms with Gasteiger partial charge in [0.25, 0.3) is 5.91 Å². The quantitative estimate of drug-likeness (QED) is 0.613. The number of aromatic nitrogens is 1. The number of hydrogen-bond donors (Lipinski definition) is 1. The Morgan fingerprint density at radius 2 is 1.80 bits per heavy atom. The number of hydrogen-bond acceptors (Lipinski definition) is 5. The summed E-state index contributed by atoms with van der Waals surface area (Å²) in [4.78, 5) is 31.1. The van der Waals surface area contributed by atoms with E-state index in [1.54, 1.807) is 35.4 Å². The van der Waals surface area contributed by atoms with Crippen LogP contribution in [0.5, 0.6) is 0 Å². The largest absolute Gasteiger partial charge is 0.444 e. The van der Waals surface area contributed by atoms with Crippen molar-refractivity contribution in [2.45, 2.75) is 45.9 Å². The van der Waals surface area contributed by atoms with Crippen molar-refractivity contribution in [2.75, 3.05) is 7.05 Å². The van der Waals surface area contributed by atoms with Crippen LogP contribution >= 0.6 is 11.3 Å². The molecular formula is C23H27N3O3S. The maximum absolute atomic E-state index is 12.9. The van der Waals surface area contributed by atoms with Crippen LogP contribution in [0.15, 0.2) is 48.5 Å². The van der Waals surface area contributed by atoms with Crippen molar-refractivity contribution in [2.24, 2.45) is 0 Å². The number of nitrogens with zero attached hydrogens (tertiary/aromatic N) is 2. The normalized spacial score (nSPS) is 12.4. The first-order valence-electron chi connectivity index (χ1n) is 9.82. The van der Waals surface area contributed by atoms with Crippen LogP contribution in [0.2, 0.25) is 0 Å². The molecule has 0 radical (unpaired) electrons. The van der Waals surface area contributed by atoms with Crippen molar-refractivity contribution in [3.8, 4) is 0 Å². The topological polar surface area (TPSA) is 71.5 Å². The smallest absolute Gasteiger partial charge is 0.407 e. The summed E-state index contributed by atoms with van der Waals surface area (Å²) >= 11 is 1.60. The van der Waals surface area contributed by atoms with E-state index < -0.39 is 11.7 Å². The minimum absolute atomic E-state index is 0.0755. The Morgan fingerprint density at radius 3 is 2.43 bits per heavy atom. The summed E-state index contributed by atoms with van der Waals surface area (Å²) in [5, 5.41) is 3.62. The number of nitrogens with one attached hydrogen (secondary N) is 1. The second-order valence-corrected chi connectivity index (χ2v) is 9.23. The van der Waals surface area contributed by atoms with Gasteiger partial charge in [-0.25, -0.2) is 9.78 Å². The third-order valence-corrected chi connectivity index (χ3v) is 5.81. The summed E-state index contributed by atoms with van der Waals surface area (Å²) in [7, 11) is 1.79. The minimum Gasteiger partial charge on any atom is -0.444 e. The molecule has 6 nitrogen and oxygen atoms in total. The lowest BCUT2D eigenvalue weighted by molar-refractivity contribution is 0.0523. The number of para-hydroxylation sites is 1. The Balaban J connectivity index is 1.62. The zero-order valence-corrected chi connectivity index (χ0v) is 18.7. The fraction of sp³-hybridized carbons (Fsp3) is 0.348. The van der Waals surface area contributed by atoms with Gasteiger partial charge in [0, 0.05) is 19.2 Å². The van der Waals surface area contributed by atoms with Crippen LogP contribution in [-0.2, 0) is 11.3 Å². The SMILES string of the molecule is CC(c1nc2ccccc2s1)N(C)C(=O)c1ccc(CNC(=O)OC(C)(C)C)cc1. The van der Waals surface area contributed by atoms with E-state index in [0.717, 1.165) is 20.8 Å². The molecule has 1 N–H and O–H groups in total. The van der Waals surface area contributed by atoms with E-state index in [9.17, 15) is 9.59 Å². The number of benzene rings is 2. The molecule has 3 rings (SSSR count). The van der Waals surface area contributed by atoms with Crippen LogP contribution < -0.4 is 5.32 Å². The van der Waals surface area contributed by atoms with Gasteiger partial charge in [-0.1, -0.05) is 24.3 Å². The number of thiazole rings is 1. The Kier molecular flexibility index (Phi) is 6.41. The Hall–Kier alpha value is -2.93. The number of carbonyl (C=O) groups is 2.